The molecule has 3 heteroatoms. The summed E-state index contributed by atoms with van der Waals surface area (Å²) in [6.45, 7) is 21.0. The zero-order chi connectivity index (χ0) is 20.5. The minimum Gasteiger partial charge on any atom is -0.369 e. The van der Waals surface area contributed by atoms with Gasteiger partial charge in [-0.2, -0.15) is 0 Å². The number of hydrogen-bond acceptors (Lipinski definition) is 1. The van der Waals surface area contributed by atoms with Gasteiger partial charge in [-0.05, 0) is 41.9 Å². The highest BCUT2D eigenvalue weighted by Gasteiger charge is 2.45. The molecule has 0 aromatic carbocycles. The molecule has 1 saturated heterocycles. The fourth-order valence-electron chi connectivity index (χ4n) is 5.37. The Hall–Kier alpha value is -0.570. The molecule has 154 valence electrons. The van der Waals surface area contributed by atoms with Crippen molar-refractivity contribution in [1.29, 1.82) is 0 Å². The molecule has 4 atom stereocenters. The van der Waals surface area contributed by atoms with Crippen LogP contribution in [0.25, 0.3) is 0 Å². The van der Waals surface area contributed by atoms with E-state index in [1.165, 1.54) is 25.9 Å². The van der Waals surface area contributed by atoms with Crippen LogP contribution in [0.2, 0.25) is 0 Å². The first kappa shape index (κ1) is 23.5. The highest BCUT2D eigenvalue weighted by atomic mass is 16.1. The highest BCUT2D eigenvalue weighted by Crippen LogP contribution is 2.46. The Labute approximate surface area is 163 Å². The van der Waals surface area contributed by atoms with Crippen molar-refractivity contribution in [1.82, 2.24) is 0 Å². The van der Waals surface area contributed by atoms with E-state index in [2.05, 4.69) is 69.5 Å². The number of quaternary nitrogens is 1. The SMILES string of the molecule is CC(C)CC(C(N)=O)C(C)C(C)(C)CC1C[N+](C)(C)CC1CC(C)(C)C. The number of rotatable bonds is 8. The monoisotopic (exact) mass is 367 g/mol. The van der Waals surface area contributed by atoms with Crippen LogP contribution in [0, 0.1) is 40.4 Å². The molecule has 2 N–H and O–H groups in total. The minimum atomic E-state index is -0.118. The van der Waals surface area contributed by atoms with Crippen LogP contribution in [0.5, 0.6) is 0 Å². The quantitative estimate of drug-likeness (QED) is 0.606. The Morgan fingerprint density at radius 2 is 1.46 bits per heavy atom. The van der Waals surface area contributed by atoms with Gasteiger partial charge in [-0.25, -0.2) is 0 Å². The minimum absolute atomic E-state index is 0.0185. The number of nitrogens with two attached hydrogens (primary N) is 1. The molecule has 1 aliphatic heterocycles. The summed E-state index contributed by atoms with van der Waals surface area (Å²) >= 11 is 0. The van der Waals surface area contributed by atoms with E-state index in [4.69, 9.17) is 5.73 Å². The van der Waals surface area contributed by atoms with E-state index in [0.717, 1.165) is 22.7 Å². The molecule has 0 aliphatic carbocycles. The van der Waals surface area contributed by atoms with Gasteiger partial charge in [-0.3, -0.25) is 4.79 Å². The number of primary amides is 1. The topological polar surface area (TPSA) is 43.1 Å². The van der Waals surface area contributed by atoms with E-state index in [1.54, 1.807) is 0 Å². The largest absolute Gasteiger partial charge is 0.369 e. The van der Waals surface area contributed by atoms with Crippen molar-refractivity contribution in [2.45, 2.75) is 74.7 Å². The third-order valence-corrected chi connectivity index (χ3v) is 6.71. The fraction of sp³-hybridized carbons (Fsp3) is 0.957. The van der Waals surface area contributed by atoms with Crippen molar-refractivity contribution >= 4 is 5.91 Å². The van der Waals surface area contributed by atoms with Crippen molar-refractivity contribution in [2.24, 2.45) is 46.2 Å². The first-order valence-electron chi connectivity index (χ1n) is 10.7. The van der Waals surface area contributed by atoms with Crippen molar-refractivity contribution in [3.63, 3.8) is 0 Å². The molecular formula is C23H47N2O+. The Kier molecular flexibility index (Phi) is 7.41. The van der Waals surface area contributed by atoms with Crippen LogP contribution in [0.15, 0.2) is 0 Å². The van der Waals surface area contributed by atoms with E-state index in [-0.39, 0.29) is 17.2 Å². The summed E-state index contributed by atoms with van der Waals surface area (Å²) < 4.78 is 1.13. The summed E-state index contributed by atoms with van der Waals surface area (Å²) in [7, 11) is 4.74. The summed E-state index contributed by atoms with van der Waals surface area (Å²) in [5.74, 6) is 2.18. The lowest BCUT2D eigenvalue weighted by molar-refractivity contribution is -0.880. The highest BCUT2D eigenvalue weighted by molar-refractivity contribution is 5.77. The Bertz CT molecular complexity index is 473. The standard InChI is InChI=1S/C23H46N2O/c1-16(2)11-20(21(24)26)17(3)23(7,8)13-19-15-25(9,10)14-18(19)12-22(4,5)6/h16-20H,11-15H2,1-10H3,(H-,24,26)/p+1. The number of amides is 1. The van der Waals surface area contributed by atoms with Gasteiger partial charge < -0.3 is 10.2 Å². The summed E-state index contributed by atoms with van der Waals surface area (Å²) in [6, 6.07) is 0. The van der Waals surface area contributed by atoms with Gasteiger partial charge >= 0.3 is 0 Å². The average molecular weight is 368 g/mol. The fourth-order valence-corrected chi connectivity index (χ4v) is 5.37. The van der Waals surface area contributed by atoms with Crippen LogP contribution in [0.1, 0.15) is 74.7 Å². The molecule has 3 nitrogen and oxygen atoms in total. The second kappa shape index (κ2) is 8.20. The summed E-state index contributed by atoms with van der Waals surface area (Å²) in [5, 5.41) is 0. The second-order valence-electron chi connectivity index (χ2n) is 12.2. The van der Waals surface area contributed by atoms with Crippen molar-refractivity contribution in [3.05, 3.63) is 0 Å². The third-order valence-electron chi connectivity index (χ3n) is 6.71. The lowest BCUT2D eigenvalue weighted by Gasteiger charge is -2.39. The van der Waals surface area contributed by atoms with E-state index < -0.39 is 0 Å². The lowest BCUT2D eigenvalue weighted by atomic mass is 9.65. The third kappa shape index (κ3) is 6.87. The number of carbonyl (C=O) groups is 1. The molecule has 1 heterocycles. The Morgan fingerprint density at radius 1 is 1.00 bits per heavy atom. The maximum absolute atomic E-state index is 12.1. The summed E-state index contributed by atoms with van der Waals surface area (Å²) in [5.41, 5.74) is 6.30. The van der Waals surface area contributed by atoms with E-state index >= 15 is 0 Å². The zero-order valence-electron chi connectivity index (χ0n) is 19.4. The molecule has 1 fully saturated rings. The van der Waals surface area contributed by atoms with Crippen LogP contribution >= 0.6 is 0 Å². The molecule has 0 saturated carbocycles. The van der Waals surface area contributed by atoms with Gasteiger partial charge in [0.1, 0.15) is 0 Å². The number of likely N-dealkylation sites (tertiary alicyclic amines) is 1. The molecule has 1 amide bonds. The van der Waals surface area contributed by atoms with Crippen molar-refractivity contribution in [3.8, 4) is 0 Å². The zero-order valence-corrected chi connectivity index (χ0v) is 19.4. The first-order chi connectivity index (χ1) is 11.5. The van der Waals surface area contributed by atoms with Crippen LogP contribution in [-0.4, -0.2) is 37.6 Å². The predicted octanol–water partition coefficient (Wildman–Crippen LogP) is 4.95. The maximum atomic E-state index is 12.1. The number of hydrogen-bond donors (Lipinski definition) is 1. The second-order valence-corrected chi connectivity index (χ2v) is 12.2. The van der Waals surface area contributed by atoms with Gasteiger partial charge in [0.05, 0.1) is 27.2 Å². The lowest BCUT2D eigenvalue weighted by Crippen LogP contribution is -2.40. The molecular weight excluding hydrogens is 320 g/mol. The van der Waals surface area contributed by atoms with E-state index in [0.29, 0.717) is 17.3 Å². The molecule has 1 rings (SSSR count). The molecule has 0 spiro atoms. The van der Waals surface area contributed by atoms with E-state index in [9.17, 15) is 4.79 Å². The average Bonchev–Trinajstić information content (AvgIpc) is 2.65. The molecule has 0 aromatic heterocycles. The van der Waals surface area contributed by atoms with Gasteiger partial charge in [0.15, 0.2) is 0 Å². The molecule has 0 bridgehead atoms. The Balaban J connectivity index is 2.95. The molecule has 4 unspecified atom stereocenters. The summed E-state index contributed by atoms with van der Waals surface area (Å²) in [4.78, 5) is 12.1. The van der Waals surface area contributed by atoms with Crippen LogP contribution in [-0.2, 0) is 4.79 Å². The van der Waals surface area contributed by atoms with Gasteiger partial charge in [0, 0.05) is 17.8 Å². The van der Waals surface area contributed by atoms with Gasteiger partial charge in [-0.1, -0.05) is 55.4 Å². The Morgan fingerprint density at radius 3 is 1.85 bits per heavy atom. The number of nitrogens with zero attached hydrogens (tertiary/aromatic N) is 1. The normalized spacial score (nSPS) is 26.1. The van der Waals surface area contributed by atoms with Crippen LogP contribution in [0.4, 0.5) is 0 Å². The van der Waals surface area contributed by atoms with Gasteiger partial charge in [0.2, 0.25) is 5.91 Å². The van der Waals surface area contributed by atoms with Crippen LogP contribution in [0.3, 0.4) is 0 Å². The first-order valence-corrected chi connectivity index (χ1v) is 10.7. The molecule has 26 heavy (non-hydrogen) atoms. The van der Waals surface area contributed by atoms with Crippen LogP contribution < -0.4 is 5.73 Å². The smallest absolute Gasteiger partial charge is 0.220 e. The predicted molar refractivity (Wildman–Crippen MR) is 113 cm³/mol. The number of carbonyl (C=O) groups excluding carboxylic acids is 1. The van der Waals surface area contributed by atoms with Gasteiger partial charge in [-0.15, -0.1) is 0 Å². The molecule has 1 aliphatic rings. The van der Waals surface area contributed by atoms with Gasteiger partial charge in [0.25, 0.3) is 0 Å². The summed E-state index contributed by atoms with van der Waals surface area (Å²) in [6.07, 6.45) is 3.38. The van der Waals surface area contributed by atoms with Crippen molar-refractivity contribution in [2.75, 3.05) is 27.2 Å². The molecule has 0 radical (unpaired) electrons. The molecule has 0 aromatic rings. The van der Waals surface area contributed by atoms with Crippen molar-refractivity contribution < 1.29 is 9.28 Å². The maximum Gasteiger partial charge on any atom is 0.220 e. The van der Waals surface area contributed by atoms with E-state index in [1.807, 2.05) is 0 Å².